The van der Waals surface area contributed by atoms with Crippen LogP contribution in [0, 0.1) is 5.92 Å². The minimum Gasteiger partial charge on any atom is -0.461 e. The highest BCUT2D eigenvalue weighted by Crippen LogP contribution is 2.05. The number of carbonyl (C=O) groups is 1. The van der Waals surface area contributed by atoms with Crippen molar-refractivity contribution in [1.29, 1.82) is 0 Å². The Morgan fingerprint density at radius 2 is 2.07 bits per heavy atom. The van der Waals surface area contributed by atoms with Crippen molar-refractivity contribution in [3.8, 4) is 0 Å². The number of ether oxygens (including phenoxy) is 1. The molecule has 1 rings (SSSR count). The highest BCUT2D eigenvalue weighted by atomic mass is 16.5. The molecule has 2 N–H and O–H groups in total. The molecule has 0 amide bonds. The number of hydrogen-bond acceptors (Lipinski definition) is 3. The average molecular weight is 207 g/mol. The van der Waals surface area contributed by atoms with Gasteiger partial charge < -0.3 is 10.5 Å². The van der Waals surface area contributed by atoms with Crippen LogP contribution in [0.3, 0.4) is 0 Å². The topological polar surface area (TPSA) is 52.3 Å². The molecule has 1 atom stereocenters. The summed E-state index contributed by atoms with van der Waals surface area (Å²) in [6.45, 7) is 2.79. The number of carbonyl (C=O) groups excluding carboxylic acids is 1. The van der Waals surface area contributed by atoms with E-state index in [1.807, 2.05) is 37.3 Å². The molecule has 0 aromatic heterocycles. The fourth-order valence-electron chi connectivity index (χ4n) is 1.16. The zero-order chi connectivity index (χ0) is 11.1. The molecular weight excluding hydrogens is 190 g/mol. The van der Waals surface area contributed by atoms with Gasteiger partial charge in [-0.25, -0.2) is 0 Å². The van der Waals surface area contributed by atoms with Gasteiger partial charge >= 0.3 is 5.97 Å². The molecule has 0 fully saturated rings. The van der Waals surface area contributed by atoms with Gasteiger partial charge in [0.15, 0.2) is 0 Å². The van der Waals surface area contributed by atoms with E-state index in [2.05, 4.69) is 0 Å². The van der Waals surface area contributed by atoms with E-state index >= 15 is 0 Å². The van der Waals surface area contributed by atoms with Crippen LogP contribution in [0.2, 0.25) is 0 Å². The maximum absolute atomic E-state index is 11.3. The van der Waals surface area contributed by atoms with Crippen molar-refractivity contribution in [2.24, 2.45) is 11.7 Å². The molecule has 0 radical (unpaired) electrons. The molecule has 3 heteroatoms. The van der Waals surface area contributed by atoms with Gasteiger partial charge in [0.25, 0.3) is 0 Å². The van der Waals surface area contributed by atoms with E-state index in [-0.39, 0.29) is 11.9 Å². The van der Waals surface area contributed by atoms with Crippen LogP contribution < -0.4 is 5.73 Å². The van der Waals surface area contributed by atoms with Crippen molar-refractivity contribution in [3.63, 3.8) is 0 Å². The summed E-state index contributed by atoms with van der Waals surface area (Å²) in [5.74, 6) is 0.00470. The van der Waals surface area contributed by atoms with Crippen molar-refractivity contribution in [2.45, 2.75) is 20.0 Å². The highest BCUT2D eigenvalue weighted by Gasteiger charge is 2.08. The summed E-state index contributed by atoms with van der Waals surface area (Å²) < 4.78 is 5.11. The van der Waals surface area contributed by atoms with Gasteiger partial charge in [-0.1, -0.05) is 37.3 Å². The molecule has 3 nitrogen and oxygen atoms in total. The van der Waals surface area contributed by atoms with Gasteiger partial charge in [-0.3, -0.25) is 4.79 Å². The fraction of sp³-hybridized carbons (Fsp3) is 0.417. The minimum absolute atomic E-state index is 0.184. The Kier molecular flexibility index (Phi) is 4.84. The minimum atomic E-state index is -0.184. The van der Waals surface area contributed by atoms with Crippen molar-refractivity contribution in [1.82, 2.24) is 0 Å². The summed E-state index contributed by atoms with van der Waals surface area (Å²) in [7, 11) is 0. The van der Waals surface area contributed by atoms with E-state index in [4.69, 9.17) is 10.5 Å². The molecule has 0 aliphatic carbocycles. The van der Waals surface area contributed by atoms with Crippen LogP contribution in [-0.4, -0.2) is 12.5 Å². The molecule has 0 spiro atoms. The van der Waals surface area contributed by atoms with E-state index in [9.17, 15) is 4.79 Å². The van der Waals surface area contributed by atoms with Crippen molar-refractivity contribution >= 4 is 5.97 Å². The first-order valence-corrected chi connectivity index (χ1v) is 5.12. The van der Waals surface area contributed by atoms with E-state index in [1.165, 1.54) is 0 Å². The fourth-order valence-corrected chi connectivity index (χ4v) is 1.16. The zero-order valence-corrected chi connectivity index (χ0v) is 8.98. The number of nitrogens with two attached hydrogens (primary N) is 1. The summed E-state index contributed by atoms with van der Waals surface area (Å²) >= 11 is 0. The Morgan fingerprint density at radius 3 is 2.67 bits per heavy atom. The second-order valence-electron chi connectivity index (χ2n) is 3.69. The highest BCUT2D eigenvalue weighted by molar-refractivity contribution is 5.69. The molecule has 0 saturated carbocycles. The molecule has 0 heterocycles. The van der Waals surface area contributed by atoms with Gasteiger partial charge in [0, 0.05) is 6.42 Å². The molecular formula is C12H17NO2. The van der Waals surface area contributed by atoms with Crippen LogP contribution >= 0.6 is 0 Å². The third-order valence-electron chi connectivity index (χ3n) is 2.16. The first-order chi connectivity index (χ1) is 7.22. The summed E-state index contributed by atoms with van der Waals surface area (Å²) in [5, 5.41) is 0. The maximum atomic E-state index is 11.3. The van der Waals surface area contributed by atoms with Crippen LogP contribution in [0.15, 0.2) is 30.3 Å². The quantitative estimate of drug-likeness (QED) is 0.748. The lowest BCUT2D eigenvalue weighted by molar-refractivity contribution is -0.145. The average Bonchev–Trinajstić information content (AvgIpc) is 2.27. The monoisotopic (exact) mass is 207 g/mol. The van der Waals surface area contributed by atoms with Gasteiger partial charge in [0.05, 0.1) is 0 Å². The summed E-state index contributed by atoms with van der Waals surface area (Å²) in [4.78, 5) is 11.3. The molecule has 82 valence electrons. The second kappa shape index (κ2) is 6.19. The largest absolute Gasteiger partial charge is 0.461 e. The number of hydrogen-bond donors (Lipinski definition) is 1. The SMILES string of the molecule is CC(CN)CC(=O)OCc1ccccc1. The maximum Gasteiger partial charge on any atom is 0.306 e. The van der Waals surface area contributed by atoms with Gasteiger partial charge in [0.2, 0.25) is 0 Å². The first kappa shape index (κ1) is 11.7. The lowest BCUT2D eigenvalue weighted by Crippen LogP contribution is -2.16. The summed E-state index contributed by atoms with van der Waals surface area (Å²) in [6.07, 6.45) is 0.392. The molecule has 1 unspecified atom stereocenters. The standard InChI is InChI=1S/C12H17NO2/c1-10(8-13)7-12(14)15-9-11-5-3-2-4-6-11/h2-6,10H,7-9,13H2,1H3. The Bertz CT molecular complexity index is 298. The van der Waals surface area contributed by atoms with E-state index < -0.39 is 0 Å². The van der Waals surface area contributed by atoms with Crippen LogP contribution in [0.5, 0.6) is 0 Å². The zero-order valence-electron chi connectivity index (χ0n) is 8.98. The van der Waals surface area contributed by atoms with Gasteiger partial charge in [-0.05, 0) is 18.0 Å². The van der Waals surface area contributed by atoms with Crippen LogP contribution in [0.25, 0.3) is 0 Å². The first-order valence-electron chi connectivity index (χ1n) is 5.12. The lowest BCUT2D eigenvalue weighted by atomic mass is 10.1. The van der Waals surface area contributed by atoms with Crippen LogP contribution in [-0.2, 0) is 16.1 Å². The third kappa shape index (κ3) is 4.61. The number of esters is 1. The molecule has 1 aromatic carbocycles. The smallest absolute Gasteiger partial charge is 0.306 e. The van der Waals surface area contributed by atoms with E-state index in [1.54, 1.807) is 0 Å². The van der Waals surface area contributed by atoms with Gasteiger partial charge in [0.1, 0.15) is 6.61 Å². The van der Waals surface area contributed by atoms with Crippen LogP contribution in [0.1, 0.15) is 18.9 Å². The Hall–Kier alpha value is -1.35. The predicted molar refractivity (Wildman–Crippen MR) is 59.1 cm³/mol. The van der Waals surface area contributed by atoms with Crippen molar-refractivity contribution in [3.05, 3.63) is 35.9 Å². The lowest BCUT2D eigenvalue weighted by Gasteiger charge is -2.08. The van der Waals surface area contributed by atoms with Gasteiger partial charge in [-0.2, -0.15) is 0 Å². The molecule has 1 aromatic rings. The molecule has 0 bridgehead atoms. The van der Waals surface area contributed by atoms with Gasteiger partial charge in [-0.15, -0.1) is 0 Å². The Balaban J connectivity index is 2.29. The van der Waals surface area contributed by atoms with Crippen molar-refractivity contribution < 1.29 is 9.53 Å². The predicted octanol–water partition coefficient (Wildman–Crippen LogP) is 1.71. The Morgan fingerprint density at radius 1 is 1.40 bits per heavy atom. The third-order valence-corrected chi connectivity index (χ3v) is 2.16. The Labute approximate surface area is 90.2 Å². The van der Waals surface area contributed by atoms with E-state index in [0.717, 1.165) is 5.56 Å². The molecule has 15 heavy (non-hydrogen) atoms. The van der Waals surface area contributed by atoms with Crippen molar-refractivity contribution in [2.75, 3.05) is 6.54 Å². The number of rotatable bonds is 5. The normalized spacial score (nSPS) is 12.1. The summed E-state index contributed by atoms with van der Waals surface area (Å²) in [5.41, 5.74) is 6.43. The molecule has 0 saturated heterocycles. The summed E-state index contributed by atoms with van der Waals surface area (Å²) in [6, 6.07) is 9.64. The number of benzene rings is 1. The van der Waals surface area contributed by atoms with E-state index in [0.29, 0.717) is 19.6 Å². The molecule has 0 aliphatic rings. The second-order valence-corrected chi connectivity index (χ2v) is 3.69. The van der Waals surface area contributed by atoms with Crippen LogP contribution in [0.4, 0.5) is 0 Å². The molecule has 0 aliphatic heterocycles.